The first-order chi connectivity index (χ1) is 9.76. The molecule has 0 aromatic carbocycles. The number of morpholine rings is 1. The Morgan fingerprint density at radius 2 is 1.55 bits per heavy atom. The minimum Gasteiger partial charge on any atom is -0.379 e. The van der Waals surface area contributed by atoms with Crippen molar-refractivity contribution in [1.82, 2.24) is 10.4 Å². The van der Waals surface area contributed by atoms with E-state index in [1.54, 1.807) is 0 Å². The molecule has 6 nitrogen and oxygen atoms in total. The van der Waals surface area contributed by atoms with Gasteiger partial charge in [-0.2, -0.15) is 0 Å². The van der Waals surface area contributed by atoms with E-state index >= 15 is 0 Å². The average Bonchev–Trinajstić information content (AvgIpc) is 2.46. The summed E-state index contributed by atoms with van der Waals surface area (Å²) >= 11 is 0. The molecule has 1 heterocycles. The minimum atomic E-state index is -2.47. The fourth-order valence-corrected chi connectivity index (χ4v) is 4.88. The van der Waals surface area contributed by atoms with Gasteiger partial charge in [-0.25, -0.2) is 5.01 Å². The van der Waals surface area contributed by atoms with Gasteiger partial charge in [-0.15, -0.1) is 0 Å². The molecule has 0 unspecified atom stereocenters. The van der Waals surface area contributed by atoms with Crippen LogP contribution in [0.25, 0.3) is 0 Å². The summed E-state index contributed by atoms with van der Waals surface area (Å²) < 4.78 is 22.8. The molecule has 1 aliphatic heterocycles. The fraction of sp³-hybridized carbons (Fsp3) is 1.00. The monoisotopic (exact) mass is 306 g/mol. The first kappa shape index (κ1) is 18.0. The second kappa shape index (κ2) is 10.7. The minimum absolute atomic E-state index is 0.642. The van der Waals surface area contributed by atoms with Crippen molar-refractivity contribution in [1.29, 1.82) is 0 Å². The molecule has 0 aromatic heterocycles. The first-order valence-electron chi connectivity index (χ1n) is 7.74. The number of rotatable bonds is 11. The Morgan fingerprint density at radius 1 is 1.00 bits per heavy atom. The Hall–Kier alpha value is -0.0231. The van der Waals surface area contributed by atoms with Crippen molar-refractivity contribution in [3.05, 3.63) is 0 Å². The van der Waals surface area contributed by atoms with Crippen LogP contribution in [0.5, 0.6) is 0 Å². The van der Waals surface area contributed by atoms with Crippen LogP contribution in [0.15, 0.2) is 0 Å². The molecule has 0 atom stereocenters. The number of hydrazine groups is 1. The summed E-state index contributed by atoms with van der Waals surface area (Å²) in [6, 6.07) is 0.861. The topological polar surface area (TPSA) is 52.2 Å². The van der Waals surface area contributed by atoms with E-state index in [1.165, 1.54) is 0 Å². The van der Waals surface area contributed by atoms with E-state index in [4.69, 9.17) is 18.0 Å². The van der Waals surface area contributed by atoms with Crippen LogP contribution in [0.1, 0.15) is 27.2 Å². The largest absolute Gasteiger partial charge is 0.500 e. The summed E-state index contributed by atoms with van der Waals surface area (Å²) in [7, 11) is -2.47. The van der Waals surface area contributed by atoms with Crippen LogP contribution in [0.4, 0.5) is 0 Å². The summed E-state index contributed by atoms with van der Waals surface area (Å²) in [5.74, 6) is 0. The molecular weight excluding hydrogens is 276 g/mol. The lowest BCUT2D eigenvalue weighted by atomic mass is 10.5. The summed E-state index contributed by atoms with van der Waals surface area (Å²) in [4.78, 5) is 0. The molecule has 0 spiro atoms. The molecule has 0 radical (unpaired) electrons. The standard InChI is InChI=1S/C13H30N2O4Si/c1-4-17-20(18-5-2,19-6-3)13-7-8-14-15-9-11-16-12-10-15/h14H,4-13H2,1-3H3. The maximum Gasteiger partial charge on any atom is 0.500 e. The molecule has 1 aliphatic rings. The van der Waals surface area contributed by atoms with Crippen LogP contribution in [0.3, 0.4) is 0 Å². The third-order valence-corrected chi connectivity index (χ3v) is 6.25. The molecule has 1 fully saturated rings. The lowest BCUT2D eigenvalue weighted by molar-refractivity contribution is 0.0116. The third-order valence-electron chi connectivity index (χ3n) is 3.10. The molecule has 0 saturated carbocycles. The predicted octanol–water partition coefficient (Wildman–Crippen LogP) is 1.26. The van der Waals surface area contributed by atoms with Crippen molar-refractivity contribution >= 4 is 8.80 Å². The molecule has 20 heavy (non-hydrogen) atoms. The highest BCUT2D eigenvalue weighted by atomic mass is 28.4. The molecule has 0 amide bonds. The predicted molar refractivity (Wildman–Crippen MR) is 80.5 cm³/mol. The van der Waals surface area contributed by atoms with Crippen LogP contribution in [0.2, 0.25) is 6.04 Å². The highest BCUT2D eigenvalue weighted by molar-refractivity contribution is 6.60. The smallest absolute Gasteiger partial charge is 0.379 e. The van der Waals surface area contributed by atoms with Gasteiger partial charge >= 0.3 is 8.80 Å². The van der Waals surface area contributed by atoms with Crippen LogP contribution in [-0.4, -0.2) is 66.5 Å². The van der Waals surface area contributed by atoms with E-state index in [2.05, 4.69) is 10.4 Å². The molecular formula is C13H30N2O4Si. The highest BCUT2D eigenvalue weighted by Crippen LogP contribution is 2.17. The highest BCUT2D eigenvalue weighted by Gasteiger charge is 2.39. The lowest BCUT2D eigenvalue weighted by Crippen LogP contribution is -2.48. The van der Waals surface area contributed by atoms with E-state index in [0.29, 0.717) is 19.8 Å². The van der Waals surface area contributed by atoms with Gasteiger partial charge in [0.05, 0.1) is 13.2 Å². The van der Waals surface area contributed by atoms with Crippen LogP contribution < -0.4 is 5.43 Å². The second-order valence-corrected chi connectivity index (χ2v) is 7.33. The Balaban J connectivity index is 2.28. The molecule has 0 bridgehead atoms. The van der Waals surface area contributed by atoms with Gasteiger partial charge < -0.3 is 18.0 Å². The van der Waals surface area contributed by atoms with E-state index in [1.807, 2.05) is 20.8 Å². The van der Waals surface area contributed by atoms with Gasteiger partial charge in [0.25, 0.3) is 0 Å². The maximum atomic E-state index is 5.84. The fourth-order valence-electron chi connectivity index (χ4n) is 2.26. The van der Waals surface area contributed by atoms with E-state index < -0.39 is 8.80 Å². The number of nitrogens with zero attached hydrogens (tertiary/aromatic N) is 1. The molecule has 1 rings (SSSR count). The van der Waals surface area contributed by atoms with Crippen LogP contribution in [-0.2, 0) is 18.0 Å². The zero-order valence-corrected chi connectivity index (χ0v) is 14.2. The van der Waals surface area contributed by atoms with Gasteiger partial charge in [-0.05, 0) is 27.2 Å². The lowest BCUT2D eigenvalue weighted by Gasteiger charge is -2.30. The van der Waals surface area contributed by atoms with Crippen molar-refractivity contribution in [2.75, 3.05) is 52.7 Å². The van der Waals surface area contributed by atoms with E-state index in [-0.39, 0.29) is 0 Å². The number of ether oxygens (including phenoxy) is 1. The van der Waals surface area contributed by atoms with Gasteiger partial charge in [0, 0.05) is 45.5 Å². The Morgan fingerprint density at radius 3 is 2.05 bits per heavy atom. The number of hydrogen-bond donors (Lipinski definition) is 1. The van der Waals surface area contributed by atoms with Crippen molar-refractivity contribution < 1.29 is 18.0 Å². The molecule has 120 valence electrons. The van der Waals surface area contributed by atoms with Gasteiger partial charge in [0.15, 0.2) is 0 Å². The second-order valence-electron chi connectivity index (χ2n) is 4.59. The van der Waals surface area contributed by atoms with Crippen molar-refractivity contribution in [2.45, 2.75) is 33.2 Å². The molecule has 0 aliphatic carbocycles. The van der Waals surface area contributed by atoms with E-state index in [0.717, 1.165) is 45.3 Å². The summed E-state index contributed by atoms with van der Waals surface area (Å²) in [5.41, 5.74) is 3.43. The summed E-state index contributed by atoms with van der Waals surface area (Å²) in [5, 5.41) is 2.22. The summed E-state index contributed by atoms with van der Waals surface area (Å²) in [6.07, 6.45) is 0.990. The SMILES string of the molecule is CCO[Si](CCCNN1CCOCC1)(OCC)OCC. The van der Waals surface area contributed by atoms with Gasteiger partial charge in [0.2, 0.25) is 0 Å². The van der Waals surface area contributed by atoms with Gasteiger partial charge in [-0.1, -0.05) is 0 Å². The third kappa shape index (κ3) is 6.62. The summed E-state index contributed by atoms with van der Waals surface area (Å²) in [6.45, 7) is 12.3. The number of nitrogens with one attached hydrogen (secondary N) is 1. The van der Waals surface area contributed by atoms with Crippen molar-refractivity contribution in [3.63, 3.8) is 0 Å². The van der Waals surface area contributed by atoms with E-state index in [9.17, 15) is 0 Å². The van der Waals surface area contributed by atoms with Crippen LogP contribution in [0, 0.1) is 0 Å². The zero-order valence-electron chi connectivity index (χ0n) is 13.2. The normalized spacial score (nSPS) is 17.6. The number of hydrogen-bond acceptors (Lipinski definition) is 6. The average molecular weight is 306 g/mol. The Bertz CT molecular complexity index is 223. The maximum absolute atomic E-state index is 5.84. The van der Waals surface area contributed by atoms with Crippen molar-refractivity contribution in [2.24, 2.45) is 0 Å². The molecule has 7 heteroatoms. The molecule has 1 saturated heterocycles. The molecule has 1 N–H and O–H groups in total. The van der Waals surface area contributed by atoms with Crippen LogP contribution >= 0.6 is 0 Å². The Labute approximate surface area is 124 Å². The van der Waals surface area contributed by atoms with Gasteiger partial charge in [-0.3, -0.25) is 5.43 Å². The zero-order chi connectivity index (χ0) is 14.7. The quantitative estimate of drug-likeness (QED) is 0.458. The van der Waals surface area contributed by atoms with Crippen molar-refractivity contribution in [3.8, 4) is 0 Å². The molecule has 0 aromatic rings. The first-order valence-corrected chi connectivity index (χ1v) is 9.67. The van der Waals surface area contributed by atoms with Gasteiger partial charge in [0.1, 0.15) is 0 Å². The Kier molecular flexibility index (Phi) is 9.62.